The van der Waals surface area contributed by atoms with Gasteiger partial charge in [0.1, 0.15) is 6.04 Å². The number of carbonyl (C=O) groups excluding carboxylic acids is 4. The molecule has 0 fully saturated rings. The van der Waals surface area contributed by atoms with Crippen LogP contribution in [-0.2, 0) is 9.53 Å². The summed E-state index contributed by atoms with van der Waals surface area (Å²) in [6, 6.07) is 14.7. The smallest absolute Gasteiger partial charge is 0.329 e. The highest BCUT2D eigenvalue weighted by atomic mass is 79.9. The number of rotatable bonds is 6. The van der Waals surface area contributed by atoms with Crippen molar-refractivity contribution >= 4 is 39.5 Å². The van der Waals surface area contributed by atoms with Gasteiger partial charge in [0.05, 0.1) is 11.1 Å². The van der Waals surface area contributed by atoms with Gasteiger partial charge in [-0.1, -0.05) is 28.1 Å². The second kappa shape index (κ2) is 8.78. The quantitative estimate of drug-likeness (QED) is 0.282. The van der Waals surface area contributed by atoms with Gasteiger partial charge in [0.2, 0.25) is 5.78 Å². The predicted molar refractivity (Wildman–Crippen MR) is 125 cm³/mol. The maximum absolute atomic E-state index is 12.8. The van der Waals surface area contributed by atoms with Crippen molar-refractivity contribution in [1.29, 1.82) is 0 Å². The number of halogens is 1. The molecule has 4 rings (SSSR count). The lowest BCUT2D eigenvalue weighted by atomic mass is 10.1. The predicted octanol–water partition coefficient (Wildman–Crippen LogP) is 4.27. The van der Waals surface area contributed by atoms with Crippen molar-refractivity contribution < 1.29 is 23.9 Å². The fourth-order valence-corrected chi connectivity index (χ4v) is 4.30. The molecule has 2 heterocycles. The molecule has 0 spiro atoms. The first-order valence-electron chi connectivity index (χ1n) is 10.3. The minimum absolute atomic E-state index is 0.249. The van der Waals surface area contributed by atoms with E-state index in [0.717, 1.165) is 26.4 Å². The Labute approximate surface area is 199 Å². The standard InChI is InChI=1S/C25H21BrN2O5/c1-14-12-21(15(2)27(14)18-10-8-17(26)9-11-18)22(29)13-33-25(32)16(3)28-23(30)19-6-4-5-7-20(19)24(28)31/h4-12,16H,13H2,1-3H3/t16-/m0/s1. The van der Waals surface area contributed by atoms with Crippen molar-refractivity contribution in [1.82, 2.24) is 9.47 Å². The van der Waals surface area contributed by atoms with Crippen molar-refractivity contribution in [2.24, 2.45) is 0 Å². The molecule has 8 heteroatoms. The molecule has 0 saturated carbocycles. The SMILES string of the molecule is Cc1cc(C(=O)COC(=O)[C@H](C)N2C(=O)c3ccccc3C2=O)c(C)n1-c1ccc(Br)cc1. The third kappa shape index (κ3) is 4.02. The number of aromatic nitrogens is 1. The molecule has 0 bridgehead atoms. The summed E-state index contributed by atoms with van der Waals surface area (Å²) in [5, 5.41) is 0. The Hall–Kier alpha value is -3.52. The van der Waals surface area contributed by atoms with Crippen LogP contribution in [-0.4, -0.2) is 45.7 Å². The third-order valence-corrected chi connectivity index (χ3v) is 6.24. The van der Waals surface area contributed by atoms with E-state index >= 15 is 0 Å². The van der Waals surface area contributed by atoms with Crippen LogP contribution in [0.5, 0.6) is 0 Å². The number of imide groups is 1. The fraction of sp³-hybridized carbons (Fsp3) is 0.200. The largest absolute Gasteiger partial charge is 0.456 e. The first kappa shape index (κ1) is 22.7. The number of fused-ring (bicyclic) bond motifs is 1. The van der Waals surface area contributed by atoms with E-state index in [2.05, 4.69) is 15.9 Å². The summed E-state index contributed by atoms with van der Waals surface area (Å²) in [6.45, 7) is 4.64. The Bertz CT molecular complexity index is 1260. The summed E-state index contributed by atoms with van der Waals surface area (Å²) >= 11 is 3.41. The lowest BCUT2D eigenvalue weighted by Crippen LogP contribution is -2.44. The minimum Gasteiger partial charge on any atom is -0.456 e. The Morgan fingerprint density at radius 3 is 2.12 bits per heavy atom. The molecule has 7 nitrogen and oxygen atoms in total. The average Bonchev–Trinajstić information content (AvgIpc) is 3.24. The number of ether oxygens (including phenoxy) is 1. The molecule has 168 valence electrons. The van der Waals surface area contributed by atoms with E-state index in [9.17, 15) is 19.2 Å². The molecule has 1 aromatic heterocycles. The molecule has 1 atom stereocenters. The van der Waals surface area contributed by atoms with E-state index in [1.807, 2.05) is 42.7 Å². The van der Waals surface area contributed by atoms with E-state index in [-0.39, 0.29) is 16.9 Å². The molecule has 0 unspecified atom stereocenters. The number of nitrogens with zero attached hydrogens (tertiary/aromatic N) is 2. The third-order valence-electron chi connectivity index (χ3n) is 5.72. The van der Waals surface area contributed by atoms with Gasteiger partial charge in [0.15, 0.2) is 6.61 Å². The average molecular weight is 509 g/mol. The van der Waals surface area contributed by atoms with Crippen LogP contribution in [0.2, 0.25) is 0 Å². The Morgan fingerprint density at radius 2 is 1.55 bits per heavy atom. The van der Waals surface area contributed by atoms with Gasteiger partial charge < -0.3 is 9.30 Å². The zero-order valence-electron chi connectivity index (χ0n) is 18.3. The highest BCUT2D eigenvalue weighted by Gasteiger charge is 2.41. The second-order valence-electron chi connectivity index (χ2n) is 7.83. The molecule has 0 saturated heterocycles. The van der Waals surface area contributed by atoms with Crippen LogP contribution in [0.4, 0.5) is 0 Å². The van der Waals surface area contributed by atoms with Gasteiger partial charge in [-0.3, -0.25) is 19.3 Å². The normalized spacial score (nSPS) is 13.8. The van der Waals surface area contributed by atoms with Crippen molar-refractivity contribution in [2.75, 3.05) is 6.61 Å². The molecular formula is C25H21BrN2O5. The number of hydrogen-bond acceptors (Lipinski definition) is 5. The fourth-order valence-electron chi connectivity index (χ4n) is 4.03. The van der Waals surface area contributed by atoms with Crippen LogP contribution >= 0.6 is 15.9 Å². The van der Waals surface area contributed by atoms with Crippen molar-refractivity contribution in [3.05, 3.63) is 87.1 Å². The van der Waals surface area contributed by atoms with Crippen LogP contribution in [0.25, 0.3) is 5.69 Å². The lowest BCUT2D eigenvalue weighted by Gasteiger charge is -2.20. The summed E-state index contributed by atoms with van der Waals surface area (Å²) in [5.41, 5.74) is 3.44. The Balaban J connectivity index is 1.46. The number of aryl methyl sites for hydroxylation is 1. The molecule has 3 aromatic rings. The number of ketones is 1. The van der Waals surface area contributed by atoms with Crippen LogP contribution in [0.1, 0.15) is 49.4 Å². The molecule has 2 aromatic carbocycles. The summed E-state index contributed by atoms with van der Waals surface area (Å²) in [5.74, 6) is -2.29. The minimum atomic E-state index is -1.15. The number of carbonyl (C=O) groups is 4. The van der Waals surface area contributed by atoms with E-state index in [1.165, 1.54) is 6.92 Å². The molecule has 33 heavy (non-hydrogen) atoms. The van der Waals surface area contributed by atoms with E-state index in [0.29, 0.717) is 5.56 Å². The summed E-state index contributed by atoms with van der Waals surface area (Å²) < 4.78 is 8.10. The number of esters is 1. The summed E-state index contributed by atoms with van der Waals surface area (Å²) in [7, 11) is 0. The van der Waals surface area contributed by atoms with Gasteiger partial charge in [-0.25, -0.2) is 4.79 Å². The van der Waals surface area contributed by atoms with Gasteiger partial charge in [-0.05, 0) is 63.2 Å². The van der Waals surface area contributed by atoms with Crippen LogP contribution in [0.15, 0.2) is 59.1 Å². The molecule has 0 radical (unpaired) electrons. The highest BCUT2D eigenvalue weighted by molar-refractivity contribution is 9.10. The zero-order valence-corrected chi connectivity index (χ0v) is 19.9. The molecule has 0 aliphatic carbocycles. The molecular weight excluding hydrogens is 488 g/mol. The Kier molecular flexibility index (Phi) is 6.03. The maximum Gasteiger partial charge on any atom is 0.329 e. The first-order valence-corrected chi connectivity index (χ1v) is 11.1. The molecule has 1 aliphatic rings. The molecule has 0 N–H and O–H groups in total. The number of amides is 2. The topological polar surface area (TPSA) is 85.7 Å². The van der Waals surface area contributed by atoms with Gasteiger partial charge >= 0.3 is 5.97 Å². The molecule has 2 amide bonds. The zero-order chi connectivity index (χ0) is 23.9. The van der Waals surface area contributed by atoms with Crippen LogP contribution < -0.4 is 0 Å². The van der Waals surface area contributed by atoms with Gasteiger partial charge in [0.25, 0.3) is 11.8 Å². The van der Waals surface area contributed by atoms with E-state index < -0.39 is 30.4 Å². The van der Waals surface area contributed by atoms with Crippen molar-refractivity contribution in [2.45, 2.75) is 26.8 Å². The van der Waals surface area contributed by atoms with Crippen molar-refractivity contribution in [3.63, 3.8) is 0 Å². The van der Waals surface area contributed by atoms with Crippen LogP contribution in [0.3, 0.4) is 0 Å². The number of hydrogen-bond donors (Lipinski definition) is 0. The lowest BCUT2D eigenvalue weighted by molar-refractivity contribution is -0.146. The van der Waals surface area contributed by atoms with Gasteiger partial charge in [-0.2, -0.15) is 0 Å². The first-order chi connectivity index (χ1) is 15.7. The number of Topliss-reactive ketones (excluding diaryl/α,β-unsaturated/α-hetero) is 1. The van der Waals surface area contributed by atoms with Gasteiger partial charge in [0, 0.05) is 27.1 Å². The maximum atomic E-state index is 12.8. The van der Waals surface area contributed by atoms with Gasteiger partial charge in [-0.15, -0.1) is 0 Å². The summed E-state index contributed by atoms with van der Waals surface area (Å²) in [4.78, 5) is 51.4. The monoisotopic (exact) mass is 508 g/mol. The van der Waals surface area contributed by atoms with Crippen LogP contribution in [0, 0.1) is 13.8 Å². The molecule has 1 aliphatic heterocycles. The van der Waals surface area contributed by atoms with Crippen molar-refractivity contribution in [3.8, 4) is 5.69 Å². The highest BCUT2D eigenvalue weighted by Crippen LogP contribution is 2.25. The van der Waals surface area contributed by atoms with E-state index in [1.54, 1.807) is 30.3 Å². The second-order valence-corrected chi connectivity index (χ2v) is 8.75. The Morgan fingerprint density at radius 1 is 0.970 bits per heavy atom. The summed E-state index contributed by atoms with van der Waals surface area (Å²) in [6.07, 6.45) is 0. The number of benzene rings is 2. The van der Waals surface area contributed by atoms with E-state index in [4.69, 9.17) is 4.74 Å².